The predicted octanol–water partition coefficient (Wildman–Crippen LogP) is 2.74. The van der Waals surface area contributed by atoms with Crippen LogP contribution >= 0.6 is 36.4 Å². The average molecular weight is 288 g/mol. The monoisotopic (exact) mass is 286 g/mol. The Balaban J connectivity index is 0.00000112. The van der Waals surface area contributed by atoms with E-state index in [9.17, 15) is 0 Å². The van der Waals surface area contributed by atoms with Crippen molar-refractivity contribution in [2.45, 2.75) is 13.0 Å². The van der Waals surface area contributed by atoms with Gasteiger partial charge in [0.15, 0.2) is 5.22 Å². The highest BCUT2D eigenvalue weighted by Gasteiger charge is 2.20. The molecular formula is C10H17Cl3N2O. The van der Waals surface area contributed by atoms with Crippen molar-refractivity contribution in [3.05, 3.63) is 23.1 Å². The largest absolute Gasteiger partial charge is 0.448 e. The quantitative estimate of drug-likeness (QED) is 0.907. The van der Waals surface area contributed by atoms with Gasteiger partial charge in [0.25, 0.3) is 0 Å². The zero-order valence-corrected chi connectivity index (χ0v) is 11.5. The van der Waals surface area contributed by atoms with E-state index < -0.39 is 0 Å². The molecule has 3 nitrogen and oxygen atoms in total. The van der Waals surface area contributed by atoms with Crippen molar-refractivity contribution in [1.29, 1.82) is 0 Å². The summed E-state index contributed by atoms with van der Waals surface area (Å²) in [6.07, 6.45) is 0. The second-order valence-corrected chi connectivity index (χ2v) is 3.98. The molecule has 1 saturated heterocycles. The lowest BCUT2D eigenvalue weighted by Gasteiger charge is -2.31. The maximum Gasteiger partial charge on any atom is 0.193 e. The molecule has 1 aromatic rings. The smallest absolute Gasteiger partial charge is 0.193 e. The minimum atomic E-state index is 0. The Morgan fingerprint density at radius 2 is 1.94 bits per heavy atom. The molecule has 1 fully saturated rings. The first-order valence-electron chi connectivity index (χ1n) is 4.97. The first-order valence-corrected chi connectivity index (χ1v) is 5.35. The summed E-state index contributed by atoms with van der Waals surface area (Å²) in [5.41, 5.74) is 0. The van der Waals surface area contributed by atoms with E-state index in [-0.39, 0.29) is 24.8 Å². The van der Waals surface area contributed by atoms with Crippen LogP contribution in [-0.4, -0.2) is 31.1 Å². The van der Waals surface area contributed by atoms with Crippen molar-refractivity contribution >= 4 is 36.4 Å². The van der Waals surface area contributed by atoms with Gasteiger partial charge in [-0.05, 0) is 30.7 Å². The van der Waals surface area contributed by atoms with Gasteiger partial charge in [-0.2, -0.15) is 0 Å². The molecule has 0 spiro atoms. The molecule has 1 aliphatic rings. The highest BCUT2D eigenvalue weighted by Crippen LogP contribution is 2.24. The van der Waals surface area contributed by atoms with Gasteiger partial charge in [-0.1, -0.05) is 0 Å². The second kappa shape index (κ2) is 7.41. The average Bonchev–Trinajstić information content (AvgIpc) is 2.65. The van der Waals surface area contributed by atoms with E-state index in [4.69, 9.17) is 16.0 Å². The topological polar surface area (TPSA) is 28.4 Å². The number of nitrogens with one attached hydrogen (secondary N) is 1. The van der Waals surface area contributed by atoms with Crippen LogP contribution in [0.5, 0.6) is 0 Å². The molecule has 0 unspecified atom stereocenters. The molecule has 2 rings (SSSR count). The number of rotatable bonds is 2. The van der Waals surface area contributed by atoms with Crippen molar-refractivity contribution in [3.63, 3.8) is 0 Å². The fourth-order valence-corrected chi connectivity index (χ4v) is 1.95. The third kappa shape index (κ3) is 3.82. The number of halogens is 3. The van der Waals surface area contributed by atoms with Crippen molar-refractivity contribution in [2.24, 2.45) is 0 Å². The van der Waals surface area contributed by atoms with Gasteiger partial charge in [-0.3, -0.25) is 4.90 Å². The Hall–Kier alpha value is 0.0700. The molecule has 0 aromatic carbocycles. The van der Waals surface area contributed by atoms with E-state index >= 15 is 0 Å². The van der Waals surface area contributed by atoms with E-state index in [1.165, 1.54) is 0 Å². The van der Waals surface area contributed by atoms with Crippen LogP contribution in [0.2, 0.25) is 5.22 Å². The van der Waals surface area contributed by atoms with Gasteiger partial charge in [0.2, 0.25) is 0 Å². The molecule has 0 radical (unpaired) electrons. The van der Waals surface area contributed by atoms with Crippen LogP contribution in [0.1, 0.15) is 18.7 Å². The third-order valence-corrected chi connectivity index (χ3v) is 2.91. The number of hydrogen-bond acceptors (Lipinski definition) is 3. The van der Waals surface area contributed by atoms with Gasteiger partial charge in [0.05, 0.1) is 6.04 Å². The summed E-state index contributed by atoms with van der Waals surface area (Å²) in [6.45, 7) is 6.40. The normalized spacial score (nSPS) is 18.4. The minimum absolute atomic E-state index is 0. The zero-order chi connectivity index (χ0) is 9.97. The van der Waals surface area contributed by atoms with E-state index in [2.05, 4.69) is 17.1 Å². The Morgan fingerprint density at radius 3 is 2.44 bits per heavy atom. The molecule has 1 aliphatic heterocycles. The van der Waals surface area contributed by atoms with Crippen molar-refractivity contribution in [3.8, 4) is 0 Å². The first kappa shape index (κ1) is 16.1. The van der Waals surface area contributed by atoms with Crippen molar-refractivity contribution in [1.82, 2.24) is 10.2 Å². The van der Waals surface area contributed by atoms with Crippen LogP contribution in [0.25, 0.3) is 0 Å². The van der Waals surface area contributed by atoms with Crippen LogP contribution < -0.4 is 5.32 Å². The second-order valence-electron chi connectivity index (χ2n) is 3.60. The lowest BCUT2D eigenvalue weighted by Crippen LogP contribution is -2.44. The number of hydrogen-bond donors (Lipinski definition) is 1. The number of furan rings is 1. The van der Waals surface area contributed by atoms with Gasteiger partial charge in [0.1, 0.15) is 5.76 Å². The van der Waals surface area contributed by atoms with Crippen LogP contribution in [-0.2, 0) is 0 Å². The first-order chi connectivity index (χ1) is 6.77. The summed E-state index contributed by atoms with van der Waals surface area (Å²) in [4.78, 5) is 2.39. The molecule has 1 atom stereocenters. The summed E-state index contributed by atoms with van der Waals surface area (Å²) in [6, 6.07) is 4.08. The molecule has 0 bridgehead atoms. The van der Waals surface area contributed by atoms with Gasteiger partial charge in [-0.25, -0.2) is 0 Å². The highest BCUT2D eigenvalue weighted by atomic mass is 35.5. The summed E-state index contributed by atoms with van der Waals surface area (Å²) in [7, 11) is 0. The number of nitrogens with zero attached hydrogens (tertiary/aromatic N) is 1. The fourth-order valence-electron chi connectivity index (χ4n) is 1.80. The minimum Gasteiger partial charge on any atom is -0.448 e. The summed E-state index contributed by atoms with van der Waals surface area (Å²) in [5, 5.41) is 3.80. The van der Waals surface area contributed by atoms with Crippen LogP contribution in [0.4, 0.5) is 0 Å². The molecule has 0 saturated carbocycles. The van der Waals surface area contributed by atoms with E-state index in [0.717, 1.165) is 31.9 Å². The van der Waals surface area contributed by atoms with Crippen LogP contribution in [0, 0.1) is 0 Å². The summed E-state index contributed by atoms with van der Waals surface area (Å²) in [5.74, 6) is 0.955. The van der Waals surface area contributed by atoms with Gasteiger partial charge >= 0.3 is 0 Å². The molecule has 0 amide bonds. The summed E-state index contributed by atoms with van der Waals surface area (Å²) >= 11 is 5.75. The SMILES string of the molecule is C[C@@H](c1ccc(Cl)o1)N1CCNCC1.Cl.Cl. The lowest BCUT2D eigenvalue weighted by atomic mass is 10.2. The number of piperazine rings is 1. The maximum atomic E-state index is 5.75. The molecule has 94 valence electrons. The molecule has 1 N–H and O–H groups in total. The van der Waals surface area contributed by atoms with Crippen molar-refractivity contribution < 1.29 is 4.42 Å². The highest BCUT2D eigenvalue weighted by molar-refractivity contribution is 6.28. The zero-order valence-electron chi connectivity index (χ0n) is 9.11. The summed E-state index contributed by atoms with van der Waals surface area (Å²) < 4.78 is 5.40. The van der Waals surface area contributed by atoms with E-state index in [0.29, 0.717) is 11.3 Å². The predicted molar refractivity (Wildman–Crippen MR) is 71.1 cm³/mol. The maximum absolute atomic E-state index is 5.75. The van der Waals surface area contributed by atoms with Gasteiger partial charge < -0.3 is 9.73 Å². The third-order valence-electron chi connectivity index (χ3n) is 2.71. The molecule has 1 aromatic heterocycles. The molecular weight excluding hydrogens is 270 g/mol. The fraction of sp³-hybridized carbons (Fsp3) is 0.600. The van der Waals surface area contributed by atoms with Gasteiger partial charge in [0, 0.05) is 26.2 Å². The molecule has 6 heteroatoms. The van der Waals surface area contributed by atoms with Crippen molar-refractivity contribution in [2.75, 3.05) is 26.2 Å². The Kier molecular flexibility index (Phi) is 7.44. The van der Waals surface area contributed by atoms with E-state index in [1.807, 2.05) is 6.07 Å². The Morgan fingerprint density at radius 1 is 1.31 bits per heavy atom. The van der Waals surface area contributed by atoms with E-state index in [1.54, 1.807) is 6.07 Å². The van der Waals surface area contributed by atoms with Crippen LogP contribution in [0.3, 0.4) is 0 Å². The standard InChI is InChI=1S/C10H15ClN2O.2ClH/c1-8(9-2-3-10(11)14-9)13-6-4-12-5-7-13;;/h2-3,8,12H,4-7H2,1H3;2*1H/t8-;;/m0../s1. The lowest BCUT2D eigenvalue weighted by molar-refractivity contribution is 0.167. The van der Waals surface area contributed by atoms with Crippen LogP contribution in [0.15, 0.2) is 16.5 Å². The Bertz CT molecular complexity index is 300. The molecule has 2 heterocycles. The Labute approximate surface area is 113 Å². The molecule has 16 heavy (non-hydrogen) atoms. The molecule has 0 aliphatic carbocycles. The van der Waals surface area contributed by atoms with Gasteiger partial charge in [-0.15, -0.1) is 24.8 Å².